The lowest BCUT2D eigenvalue weighted by Gasteiger charge is -2.07. The fourth-order valence-electron chi connectivity index (χ4n) is 1.09. The highest BCUT2D eigenvalue weighted by Crippen LogP contribution is 2.20. The summed E-state index contributed by atoms with van der Waals surface area (Å²) in [5.41, 5.74) is 1.40. The van der Waals surface area contributed by atoms with Crippen LogP contribution >= 0.6 is 0 Å². The van der Waals surface area contributed by atoms with E-state index in [-0.39, 0.29) is 5.56 Å². The van der Waals surface area contributed by atoms with Gasteiger partial charge in [-0.25, -0.2) is 8.78 Å². The zero-order chi connectivity index (χ0) is 11.3. The lowest BCUT2D eigenvalue weighted by Crippen LogP contribution is -2.10. The molecule has 15 heavy (non-hydrogen) atoms. The molecule has 0 aliphatic rings. The third kappa shape index (κ3) is 3.10. The Balaban J connectivity index is 2.72. The third-order valence-electron chi connectivity index (χ3n) is 1.91. The van der Waals surface area contributed by atoms with E-state index in [1.807, 2.05) is 0 Å². The van der Waals surface area contributed by atoms with E-state index in [0.29, 0.717) is 12.2 Å². The SMILES string of the molecule is C#CCNC(=C)c1ccc(C(F)F)cc1. The van der Waals surface area contributed by atoms with Crippen molar-refractivity contribution in [3.05, 3.63) is 42.0 Å². The second kappa shape index (κ2) is 5.16. The van der Waals surface area contributed by atoms with Gasteiger partial charge in [-0.05, 0) is 5.56 Å². The molecule has 1 rings (SSSR count). The van der Waals surface area contributed by atoms with Gasteiger partial charge in [0, 0.05) is 11.3 Å². The van der Waals surface area contributed by atoms with Crippen molar-refractivity contribution in [1.29, 1.82) is 0 Å². The van der Waals surface area contributed by atoms with Crippen LogP contribution < -0.4 is 5.32 Å². The number of hydrogen-bond acceptors (Lipinski definition) is 1. The van der Waals surface area contributed by atoms with Crippen molar-refractivity contribution < 1.29 is 8.78 Å². The van der Waals surface area contributed by atoms with Gasteiger partial charge in [0.2, 0.25) is 0 Å². The number of terminal acetylenes is 1. The summed E-state index contributed by atoms with van der Waals surface area (Å²) in [7, 11) is 0. The van der Waals surface area contributed by atoms with E-state index in [0.717, 1.165) is 5.56 Å². The normalized spacial score (nSPS) is 9.73. The maximum Gasteiger partial charge on any atom is 0.263 e. The highest BCUT2D eigenvalue weighted by molar-refractivity contribution is 5.62. The molecule has 1 nitrogen and oxygen atoms in total. The molecule has 0 atom stereocenters. The smallest absolute Gasteiger partial charge is 0.263 e. The number of hydrogen-bond donors (Lipinski definition) is 1. The van der Waals surface area contributed by atoms with E-state index < -0.39 is 6.43 Å². The lowest BCUT2D eigenvalue weighted by atomic mass is 10.1. The molecule has 0 aliphatic heterocycles. The van der Waals surface area contributed by atoms with Crippen molar-refractivity contribution in [1.82, 2.24) is 5.32 Å². The first kappa shape index (κ1) is 11.3. The molecule has 0 aliphatic carbocycles. The van der Waals surface area contributed by atoms with E-state index in [2.05, 4.69) is 17.8 Å². The summed E-state index contributed by atoms with van der Waals surface area (Å²) in [6.07, 6.45) is 2.63. The van der Waals surface area contributed by atoms with Crippen LogP contribution in [0, 0.1) is 12.3 Å². The summed E-state index contributed by atoms with van der Waals surface area (Å²) >= 11 is 0. The van der Waals surface area contributed by atoms with Gasteiger partial charge in [0.15, 0.2) is 0 Å². The first-order valence-electron chi connectivity index (χ1n) is 4.40. The summed E-state index contributed by atoms with van der Waals surface area (Å²) in [6.45, 7) is 4.11. The quantitative estimate of drug-likeness (QED) is 0.748. The summed E-state index contributed by atoms with van der Waals surface area (Å²) < 4.78 is 24.5. The van der Waals surface area contributed by atoms with Crippen molar-refractivity contribution >= 4 is 5.70 Å². The van der Waals surface area contributed by atoms with Crippen molar-refractivity contribution in [3.8, 4) is 12.3 Å². The lowest BCUT2D eigenvalue weighted by molar-refractivity contribution is 0.151. The third-order valence-corrected chi connectivity index (χ3v) is 1.91. The maximum atomic E-state index is 12.2. The standard InChI is InChI=1S/C12H11F2N/c1-3-8-15-9(2)10-4-6-11(7-5-10)12(13)14/h1,4-7,12,15H,2,8H2. The fraction of sp³-hybridized carbons (Fsp3) is 0.167. The van der Waals surface area contributed by atoms with Crippen LogP contribution in [0.25, 0.3) is 5.70 Å². The van der Waals surface area contributed by atoms with Crippen molar-refractivity contribution in [2.24, 2.45) is 0 Å². The molecular formula is C12H11F2N. The molecule has 0 aromatic heterocycles. The molecule has 0 spiro atoms. The molecule has 0 amide bonds. The fourth-order valence-corrected chi connectivity index (χ4v) is 1.09. The largest absolute Gasteiger partial charge is 0.374 e. The van der Waals surface area contributed by atoms with Crippen LogP contribution in [0.1, 0.15) is 17.6 Å². The van der Waals surface area contributed by atoms with Crippen LogP contribution in [0.2, 0.25) is 0 Å². The topological polar surface area (TPSA) is 12.0 Å². The number of rotatable bonds is 4. The average Bonchev–Trinajstić information content (AvgIpc) is 2.26. The Bertz CT molecular complexity index is 374. The molecule has 1 aromatic carbocycles. The van der Waals surface area contributed by atoms with E-state index in [9.17, 15) is 8.78 Å². The zero-order valence-electron chi connectivity index (χ0n) is 8.13. The molecule has 0 unspecified atom stereocenters. The second-order valence-electron chi connectivity index (χ2n) is 2.96. The van der Waals surface area contributed by atoms with Crippen LogP contribution in [0.15, 0.2) is 30.8 Å². The zero-order valence-corrected chi connectivity index (χ0v) is 8.13. The van der Waals surface area contributed by atoms with Gasteiger partial charge in [-0.15, -0.1) is 6.42 Å². The predicted octanol–water partition coefficient (Wildman–Crippen LogP) is 2.82. The highest BCUT2D eigenvalue weighted by Gasteiger charge is 2.06. The van der Waals surface area contributed by atoms with Gasteiger partial charge in [-0.1, -0.05) is 36.8 Å². The number of benzene rings is 1. The van der Waals surface area contributed by atoms with Gasteiger partial charge >= 0.3 is 0 Å². The van der Waals surface area contributed by atoms with Gasteiger partial charge in [0.25, 0.3) is 6.43 Å². The number of halogens is 2. The van der Waals surface area contributed by atoms with Gasteiger partial charge < -0.3 is 5.32 Å². The molecule has 0 saturated carbocycles. The minimum absolute atomic E-state index is 0.00324. The Morgan fingerprint density at radius 2 is 2.00 bits per heavy atom. The minimum Gasteiger partial charge on any atom is -0.374 e. The molecule has 1 N–H and O–H groups in total. The Morgan fingerprint density at radius 3 is 2.47 bits per heavy atom. The molecule has 3 heteroatoms. The van der Waals surface area contributed by atoms with Gasteiger partial charge in [-0.3, -0.25) is 0 Å². The molecule has 1 aromatic rings. The van der Waals surface area contributed by atoms with E-state index in [4.69, 9.17) is 6.42 Å². The Kier molecular flexibility index (Phi) is 3.87. The van der Waals surface area contributed by atoms with Crippen LogP contribution in [0.3, 0.4) is 0 Å². The molecule has 0 fully saturated rings. The monoisotopic (exact) mass is 207 g/mol. The van der Waals surface area contributed by atoms with E-state index in [1.54, 1.807) is 12.1 Å². The molecule has 0 heterocycles. The van der Waals surface area contributed by atoms with Gasteiger partial charge in [0.05, 0.1) is 6.54 Å². The second-order valence-corrected chi connectivity index (χ2v) is 2.96. The van der Waals surface area contributed by atoms with E-state index in [1.165, 1.54) is 12.1 Å². The summed E-state index contributed by atoms with van der Waals surface area (Å²) in [5.74, 6) is 2.41. The van der Waals surface area contributed by atoms with Gasteiger partial charge in [0.1, 0.15) is 0 Å². The average molecular weight is 207 g/mol. The highest BCUT2D eigenvalue weighted by atomic mass is 19.3. The predicted molar refractivity (Wildman–Crippen MR) is 57.3 cm³/mol. The molecule has 0 saturated heterocycles. The van der Waals surface area contributed by atoms with Crippen LogP contribution in [0.4, 0.5) is 8.78 Å². The Labute approximate surface area is 87.8 Å². The number of nitrogens with one attached hydrogen (secondary N) is 1. The summed E-state index contributed by atoms with van der Waals surface area (Å²) in [4.78, 5) is 0. The maximum absolute atomic E-state index is 12.2. The number of alkyl halides is 2. The molecular weight excluding hydrogens is 196 g/mol. The summed E-state index contributed by atoms with van der Waals surface area (Å²) in [5, 5.41) is 2.88. The molecule has 0 bridgehead atoms. The van der Waals surface area contributed by atoms with Crippen molar-refractivity contribution in [2.75, 3.05) is 6.54 Å². The van der Waals surface area contributed by atoms with Crippen LogP contribution in [0.5, 0.6) is 0 Å². The first-order valence-corrected chi connectivity index (χ1v) is 4.40. The van der Waals surface area contributed by atoms with Gasteiger partial charge in [-0.2, -0.15) is 0 Å². The Morgan fingerprint density at radius 1 is 1.40 bits per heavy atom. The van der Waals surface area contributed by atoms with Crippen molar-refractivity contribution in [3.63, 3.8) is 0 Å². The van der Waals surface area contributed by atoms with Crippen LogP contribution in [-0.4, -0.2) is 6.54 Å². The summed E-state index contributed by atoms with van der Waals surface area (Å²) in [6, 6.07) is 5.94. The van der Waals surface area contributed by atoms with E-state index >= 15 is 0 Å². The Hall–Kier alpha value is -1.82. The molecule has 0 radical (unpaired) electrons. The molecule has 78 valence electrons. The van der Waals surface area contributed by atoms with Crippen molar-refractivity contribution in [2.45, 2.75) is 6.43 Å². The minimum atomic E-state index is -2.44. The first-order chi connectivity index (χ1) is 7.15. The van der Waals surface area contributed by atoms with Crippen LogP contribution in [-0.2, 0) is 0 Å².